The van der Waals surface area contributed by atoms with E-state index < -0.39 is 24.9 Å². The van der Waals surface area contributed by atoms with Crippen molar-refractivity contribution in [1.82, 2.24) is 20.0 Å². The normalized spacial score (nSPS) is 28.0. The molecule has 0 aromatic rings. The largest absolute Gasteiger partial charge is 0.342 e. The van der Waals surface area contributed by atoms with Crippen LogP contribution in [0.2, 0.25) is 0 Å². The van der Waals surface area contributed by atoms with Gasteiger partial charge in [0.25, 0.3) is 5.92 Å². The van der Waals surface area contributed by atoms with Crippen molar-refractivity contribution < 1.29 is 18.4 Å². The zero-order valence-corrected chi connectivity index (χ0v) is 14.7. The van der Waals surface area contributed by atoms with E-state index >= 15 is 0 Å². The van der Waals surface area contributed by atoms with Crippen LogP contribution in [0.15, 0.2) is 0 Å². The Balaban J connectivity index is 1.42. The second-order valence-electron chi connectivity index (χ2n) is 7.39. The van der Waals surface area contributed by atoms with Crippen molar-refractivity contribution in [2.45, 2.75) is 44.1 Å². The summed E-state index contributed by atoms with van der Waals surface area (Å²) in [6.07, 6.45) is 4.12. The molecule has 0 spiro atoms. The van der Waals surface area contributed by atoms with Gasteiger partial charge in [0.1, 0.15) is 0 Å². The monoisotopic (exact) mass is 358 g/mol. The summed E-state index contributed by atoms with van der Waals surface area (Å²) in [6.45, 7) is 3.89. The van der Waals surface area contributed by atoms with Gasteiger partial charge in [-0.05, 0) is 12.8 Å². The lowest BCUT2D eigenvalue weighted by Crippen LogP contribution is -2.54. The SMILES string of the molecule is O=C(CN1CCN(C(=O)C2CC(F)(F)CN2)CC1)N1CCCCCC1. The standard InChI is InChI=1S/C17H28F2N4O2/c18-17(19)11-14(20-13-17)16(25)23-9-7-21(8-10-23)12-15(24)22-5-3-1-2-4-6-22/h14,20H,1-13H2. The Labute approximate surface area is 147 Å². The van der Waals surface area contributed by atoms with Gasteiger partial charge in [-0.3, -0.25) is 19.8 Å². The van der Waals surface area contributed by atoms with E-state index in [-0.39, 0.29) is 11.8 Å². The van der Waals surface area contributed by atoms with Gasteiger partial charge in [0, 0.05) is 45.7 Å². The van der Waals surface area contributed by atoms with Crippen LogP contribution in [0.1, 0.15) is 32.1 Å². The first-order valence-corrected chi connectivity index (χ1v) is 9.35. The molecule has 3 rings (SSSR count). The molecule has 0 aliphatic carbocycles. The zero-order chi connectivity index (χ0) is 17.9. The van der Waals surface area contributed by atoms with Crippen LogP contribution in [0.5, 0.6) is 0 Å². The number of rotatable bonds is 3. The molecule has 3 fully saturated rings. The van der Waals surface area contributed by atoms with E-state index in [1.807, 2.05) is 4.90 Å². The van der Waals surface area contributed by atoms with Crippen LogP contribution in [-0.4, -0.2) is 90.8 Å². The smallest absolute Gasteiger partial charge is 0.262 e. The van der Waals surface area contributed by atoms with Gasteiger partial charge >= 0.3 is 0 Å². The zero-order valence-electron chi connectivity index (χ0n) is 14.7. The molecule has 1 atom stereocenters. The average Bonchev–Trinajstić information content (AvgIpc) is 2.79. The molecule has 1 unspecified atom stereocenters. The number of nitrogens with one attached hydrogen (secondary N) is 1. The molecule has 0 radical (unpaired) electrons. The molecule has 0 aromatic carbocycles. The van der Waals surface area contributed by atoms with Gasteiger partial charge in [0.15, 0.2) is 0 Å². The first-order valence-electron chi connectivity index (χ1n) is 9.35. The minimum Gasteiger partial charge on any atom is -0.342 e. The third-order valence-electron chi connectivity index (χ3n) is 5.41. The number of nitrogens with zero attached hydrogens (tertiary/aromatic N) is 3. The molecule has 0 bridgehead atoms. The number of likely N-dealkylation sites (tertiary alicyclic amines) is 1. The lowest BCUT2D eigenvalue weighted by Gasteiger charge is -2.36. The number of piperazine rings is 1. The summed E-state index contributed by atoms with van der Waals surface area (Å²) >= 11 is 0. The third-order valence-corrected chi connectivity index (χ3v) is 5.41. The number of halogens is 2. The molecule has 3 aliphatic heterocycles. The first kappa shape index (κ1) is 18.5. The van der Waals surface area contributed by atoms with Crippen LogP contribution >= 0.6 is 0 Å². The van der Waals surface area contributed by atoms with Gasteiger partial charge in [-0.25, -0.2) is 8.78 Å². The summed E-state index contributed by atoms with van der Waals surface area (Å²) < 4.78 is 26.5. The Morgan fingerprint density at radius 1 is 0.920 bits per heavy atom. The third kappa shape index (κ3) is 4.88. The van der Waals surface area contributed by atoms with E-state index in [4.69, 9.17) is 0 Å². The van der Waals surface area contributed by atoms with Crippen LogP contribution in [0, 0.1) is 0 Å². The fourth-order valence-electron chi connectivity index (χ4n) is 3.85. The van der Waals surface area contributed by atoms with E-state index in [1.165, 1.54) is 12.8 Å². The van der Waals surface area contributed by atoms with Crippen LogP contribution in [0.4, 0.5) is 8.78 Å². The molecule has 6 nitrogen and oxygen atoms in total. The Kier molecular flexibility index (Phi) is 5.89. The molecule has 2 amide bonds. The number of carbonyl (C=O) groups excluding carboxylic acids is 2. The van der Waals surface area contributed by atoms with Crippen molar-refractivity contribution >= 4 is 11.8 Å². The quantitative estimate of drug-likeness (QED) is 0.800. The Morgan fingerprint density at radius 2 is 1.56 bits per heavy atom. The Hall–Kier alpha value is -1.28. The summed E-state index contributed by atoms with van der Waals surface area (Å²) in [7, 11) is 0. The molecular weight excluding hydrogens is 330 g/mol. The van der Waals surface area contributed by atoms with E-state index in [0.717, 1.165) is 25.9 Å². The van der Waals surface area contributed by atoms with E-state index in [2.05, 4.69) is 10.2 Å². The summed E-state index contributed by atoms with van der Waals surface area (Å²) in [5, 5.41) is 2.62. The molecule has 0 aromatic heterocycles. The van der Waals surface area contributed by atoms with Gasteiger partial charge in [-0.1, -0.05) is 12.8 Å². The predicted molar refractivity (Wildman–Crippen MR) is 89.4 cm³/mol. The topological polar surface area (TPSA) is 55.9 Å². The van der Waals surface area contributed by atoms with Crippen LogP contribution in [-0.2, 0) is 9.59 Å². The lowest BCUT2D eigenvalue weighted by atomic mass is 10.1. The molecule has 1 N–H and O–H groups in total. The molecule has 142 valence electrons. The minimum absolute atomic E-state index is 0.166. The van der Waals surface area contributed by atoms with Crippen molar-refractivity contribution in [1.29, 1.82) is 0 Å². The second-order valence-corrected chi connectivity index (χ2v) is 7.39. The lowest BCUT2D eigenvalue weighted by molar-refractivity contribution is -0.136. The van der Waals surface area contributed by atoms with Crippen molar-refractivity contribution in [3.8, 4) is 0 Å². The number of carbonyl (C=O) groups is 2. The van der Waals surface area contributed by atoms with E-state index in [1.54, 1.807) is 4.90 Å². The van der Waals surface area contributed by atoms with Crippen molar-refractivity contribution in [3.63, 3.8) is 0 Å². The number of alkyl halides is 2. The maximum Gasteiger partial charge on any atom is 0.262 e. The molecule has 0 saturated carbocycles. The highest BCUT2D eigenvalue weighted by Gasteiger charge is 2.43. The maximum absolute atomic E-state index is 13.2. The predicted octanol–water partition coefficient (Wildman–Crippen LogP) is 0.530. The summed E-state index contributed by atoms with van der Waals surface area (Å²) in [5.41, 5.74) is 0. The van der Waals surface area contributed by atoms with Crippen LogP contribution < -0.4 is 5.32 Å². The molecule has 8 heteroatoms. The fraction of sp³-hybridized carbons (Fsp3) is 0.882. The van der Waals surface area contributed by atoms with Gasteiger partial charge < -0.3 is 9.80 Å². The van der Waals surface area contributed by atoms with Crippen molar-refractivity contribution in [2.75, 3.05) is 52.4 Å². The first-order chi connectivity index (χ1) is 11.9. The van der Waals surface area contributed by atoms with E-state index in [0.29, 0.717) is 32.7 Å². The van der Waals surface area contributed by atoms with Gasteiger partial charge in [0.2, 0.25) is 11.8 Å². The molecule has 3 saturated heterocycles. The summed E-state index contributed by atoms with van der Waals surface area (Å²) in [4.78, 5) is 30.4. The van der Waals surface area contributed by atoms with Gasteiger partial charge in [0.05, 0.1) is 19.1 Å². The number of hydrogen-bond acceptors (Lipinski definition) is 4. The highest BCUT2D eigenvalue weighted by atomic mass is 19.3. The molecule has 25 heavy (non-hydrogen) atoms. The van der Waals surface area contributed by atoms with E-state index in [9.17, 15) is 18.4 Å². The minimum atomic E-state index is -2.79. The summed E-state index contributed by atoms with van der Waals surface area (Å²) in [6, 6.07) is -0.778. The highest BCUT2D eigenvalue weighted by Crippen LogP contribution is 2.26. The highest BCUT2D eigenvalue weighted by molar-refractivity contribution is 5.82. The second kappa shape index (κ2) is 7.95. The van der Waals surface area contributed by atoms with Crippen molar-refractivity contribution in [3.05, 3.63) is 0 Å². The van der Waals surface area contributed by atoms with Gasteiger partial charge in [-0.15, -0.1) is 0 Å². The number of hydrogen-bond donors (Lipinski definition) is 1. The summed E-state index contributed by atoms with van der Waals surface area (Å²) in [5.74, 6) is -2.86. The molecule has 3 heterocycles. The molecular formula is C17H28F2N4O2. The average molecular weight is 358 g/mol. The van der Waals surface area contributed by atoms with Crippen LogP contribution in [0.3, 0.4) is 0 Å². The Morgan fingerprint density at radius 3 is 2.12 bits per heavy atom. The molecule has 3 aliphatic rings. The Bertz CT molecular complexity index is 487. The number of amides is 2. The maximum atomic E-state index is 13.2. The van der Waals surface area contributed by atoms with Crippen molar-refractivity contribution in [2.24, 2.45) is 0 Å². The van der Waals surface area contributed by atoms with Gasteiger partial charge in [-0.2, -0.15) is 0 Å². The fourth-order valence-corrected chi connectivity index (χ4v) is 3.85. The van der Waals surface area contributed by atoms with Crippen LogP contribution in [0.25, 0.3) is 0 Å².